The minimum atomic E-state index is -0.323. The topological polar surface area (TPSA) is 66.5 Å². The van der Waals surface area contributed by atoms with Crippen LogP contribution in [-0.4, -0.2) is 17.7 Å². The number of para-hydroxylation sites is 1. The zero-order valence-electron chi connectivity index (χ0n) is 15.7. The minimum Gasteiger partial charge on any atom is -0.348 e. The van der Waals surface area contributed by atoms with Crippen molar-refractivity contribution in [1.82, 2.24) is 5.32 Å². The van der Waals surface area contributed by atoms with Crippen molar-refractivity contribution in [2.45, 2.75) is 26.3 Å². The molecule has 4 rings (SSSR count). The van der Waals surface area contributed by atoms with Crippen LogP contribution in [0.1, 0.15) is 35.7 Å². The molecule has 2 aromatic carbocycles. The van der Waals surface area contributed by atoms with E-state index in [1.165, 1.54) is 4.90 Å². The zero-order chi connectivity index (χ0) is 19.7. The number of benzene rings is 2. The van der Waals surface area contributed by atoms with E-state index in [4.69, 9.17) is 0 Å². The van der Waals surface area contributed by atoms with Crippen molar-refractivity contribution in [3.05, 3.63) is 77.4 Å². The molecule has 28 heavy (non-hydrogen) atoms. The third kappa shape index (κ3) is 3.24. The summed E-state index contributed by atoms with van der Waals surface area (Å²) >= 11 is 0. The fourth-order valence-electron chi connectivity index (χ4n) is 4.01. The van der Waals surface area contributed by atoms with Crippen LogP contribution in [0.4, 0.5) is 5.69 Å². The van der Waals surface area contributed by atoms with Crippen molar-refractivity contribution < 1.29 is 14.4 Å². The van der Waals surface area contributed by atoms with Crippen LogP contribution in [0.5, 0.6) is 0 Å². The molecule has 5 heteroatoms. The maximum absolute atomic E-state index is 13.0. The second kappa shape index (κ2) is 7.43. The first kappa shape index (κ1) is 18.2. The van der Waals surface area contributed by atoms with E-state index in [0.29, 0.717) is 30.6 Å². The Balaban J connectivity index is 1.59. The number of anilines is 1. The van der Waals surface area contributed by atoms with Gasteiger partial charge in [0.1, 0.15) is 0 Å². The van der Waals surface area contributed by atoms with Gasteiger partial charge in [-0.3, -0.25) is 14.4 Å². The average Bonchev–Trinajstić information content (AvgIpc) is 2.96. The second-order valence-electron chi connectivity index (χ2n) is 7.40. The summed E-state index contributed by atoms with van der Waals surface area (Å²) in [5, 5.41) is 2.88. The number of imide groups is 1. The number of hydrogen-bond acceptors (Lipinski definition) is 3. The first-order valence-electron chi connectivity index (χ1n) is 9.51. The lowest BCUT2D eigenvalue weighted by atomic mass is 9.82. The number of allylic oxidation sites excluding steroid dienone is 2. The average molecular weight is 374 g/mol. The summed E-state index contributed by atoms with van der Waals surface area (Å²) in [6.07, 6.45) is 3.22. The quantitative estimate of drug-likeness (QED) is 0.658. The normalized spacial score (nSPS) is 21.3. The molecule has 2 aromatic rings. The van der Waals surface area contributed by atoms with E-state index in [-0.39, 0.29) is 29.6 Å². The van der Waals surface area contributed by atoms with Crippen LogP contribution in [0.25, 0.3) is 0 Å². The highest BCUT2D eigenvalue weighted by Gasteiger charge is 2.49. The van der Waals surface area contributed by atoms with Gasteiger partial charge in [-0.1, -0.05) is 54.1 Å². The summed E-state index contributed by atoms with van der Waals surface area (Å²) in [4.78, 5) is 40.0. The monoisotopic (exact) mass is 374 g/mol. The molecule has 1 aliphatic carbocycles. The van der Waals surface area contributed by atoms with Crippen LogP contribution in [0, 0.1) is 11.8 Å². The Hall–Kier alpha value is -3.21. The summed E-state index contributed by atoms with van der Waals surface area (Å²) in [6, 6.07) is 16.4. The molecule has 2 atom stereocenters. The molecule has 2 aliphatic rings. The third-order valence-electron chi connectivity index (χ3n) is 5.51. The molecule has 1 heterocycles. The molecule has 0 unspecified atom stereocenters. The van der Waals surface area contributed by atoms with Crippen LogP contribution in [0.3, 0.4) is 0 Å². The SMILES string of the molecule is CC1=CC[C@H]2C(=O)N(c3ccccc3C(=O)NCc3ccccc3)C(=O)[C@H]2C1. The maximum Gasteiger partial charge on any atom is 0.253 e. The molecular formula is C23H22N2O3. The number of rotatable bonds is 4. The highest BCUT2D eigenvalue weighted by atomic mass is 16.2. The number of carbonyl (C=O) groups excluding carboxylic acids is 3. The van der Waals surface area contributed by atoms with E-state index in [1.54, 1.807) is 24.3 Å². The van der Waals surface area contributed by atoms with Crippen LogP contribution < -0.4 is 10.2 Å². The standard InChI is InChI=1S/C23H22N2O3/c1-15-11-12-17-19(13-15)23(28)25(22(17)27)20-10-6-5-9-18(20)21(26)24-14-16-7-3-2-4-8-16/h2-11,17,19H,12-14H2,1H3,(H,24,26)/t17-,19+/m1/s1. The number of fused-ring (bicyclic) bond motifs is 1. The summed E-state index contributed by atoms with van der Waals surface area (Å²) in [5.74, 6) is -1.35. The summed E-state index contributed by atoms with van der Waals surface area (Å²) < 4.78 is 0. The van der Waals surface area contributed by atoms with Crippen molar-refractivity contribution in [1.29, 1.82) is 0 Å². The van der Waals surface area contributed by atoms with Gasteiger partial charge < -0.3 is 5.32 Å². The minimum absolute atomic E-state index is 0.203. The summed E-state index contributed by atoms with van der Waals surface area (Å²) in [7, 11) is 0. The third-order valence-corrected chi connectivity index (χ3v) is 5.51. The maximum atomic E-state index is 13.0. The highest BCUT2D eigenvalue weighted by molar-refractivity contribution is 6.24. The van der Waals surface area contributed by atoms with Gasteiger partial charge in [0.05, 0.1) is 23.1 Å². The van der Waals surface area contributed by atoms with Gasteiger partial charge in [-0.2, -0.15) is 0 Å². The second-order valence-corrected chi connectivity index (χ2v) is 7.40. The molecule has 3 amide bonds. The Kier molecular flexibility index (Phi) is 4.82. The molecule has 0 bridgehead atoms. The molecule has 1 N–H and O–H groups in total. The van der Waals surface area contributed by atoms with Crippen molar-refractivity contribution in [3.63, 3.8) is 0 Å². The van der Waals surface area contributed by atoms with Crippen molar-refractivity contribution in [2.24, 2.45) is 11.8 Å². The summed E-state index contributed by atoms with van der Waals surface area (Å²) in [6.45, 7) is 2.37. The molecule has 0 radical (unpaired) electrons. The molecule has 1 fully saturated rings. The number of nitrogens with zero attached hydrogens (tertiary/aromatic N) is 1. The van der Waals surface area contributed by atoms with Gasteiger partial charge >= 0.3 is 0 Å². The predicted octanol–water partition coefficient (Wildman–Crippen LogP) is 3.46. The van der Waals surface area contributed by atoms with Crippen LogP contribution in [0.15, 0.2) is 66.2 Å². The lowest BCUT2D eigenvalue weighted by molar-refractivity contribution is -0.122. The Morgan fingerprint density at radius 3 is 2.46 bits per heavy atom. The smallest absolute Gasteiger partial charge is 0.253 e. The first-order valence-corrected chi connectivity index (χ1v) is 9.51. The first-order chi connectivity index (χ1) is 13.6. The molecule has 0 spiro atoms. The number of nitrogens with one attached hydrogen (secondary N) is 1. The lowest BCUT2D eigenvalue weighted by Gasteiger charge is -2.19. The highest BCUT2D eigenvalue weighted by Crippen LogP contribution is 2.40. The van der Waals surface area contributed by atoms with Gasteiger partial charge in [0.2, 0.25) is 11.8 Å². The van der Waals surface area contributed by atoms with E-state index in [1.807, 2.05) is 43.3 Å². The molecule has 1 saturated heterocycles. The molecular weight excluding hydrogens is 352 g/mol. The van der Waals surface area contributed by atoms with Crippen LogP contribution in [0.2, 0.25) is 0 Å². The van der Waals surface area contributed by atoms with Gasteiger partial charge in [0.25, 0.3) is 5.91 Å². The number of amides is 3. The molecule has 0 aromatic heterocycles. The van der Waals surface area contributed by atoms with Gasteiger partial charge in [0, 0.05) is 6.54 Å². The van der Waals surface area contributed by atoms with E-state index in [9.17, 15) is 14.4 Å². The molecule has 142 valence electrons. The van der Waals surface area contributed by atoms with E-state index in [0.717, 1.165) is 11.1 Å². The summed E-state index contributed by atoms with van der Waals surface area (Å²) in [5.41, 5.74) is 2.82. The molecule has 0 saturated carbocycles. The Morgan fingerprint density at radius 1 is 1.00 bits per heavy atom. The largest absolute Gasteiger partial charge is 0.348 e. The zero-order valence-corrected chi connectivity index (χ0v) is 15.7. The fourth-order valence-corrected chi connectivity index (χ4v) is 4.01. The van der Waals surface area contributed by atoms with E-state index < -0.39 is 0 Å². The van der Waals surface area contributed by atoms with Crippen LogP contribution >= 0.6 is 0 Å². The van der Waals surface area contributed by atoms with E-state index in [2.05, 4.69) is 5.32 Å². The lowest BCUT2D eigenvalue weighted by Crippen LogP contribution is -2.34. The molecule has 1 aliphatic heterocycles. The molecule has 5 nitrogen and oxygen atoms in total. The number of carbonyl (C=O) groups is 3. The van der Waals surface area contributed by atoms with Crippen LogP contribution in [-0.2, 0) is 16.1 Å². The fraction of sp³-hybridized carbons (Fsp3) is 0.261. The van der Waals surface area contributed by atoms with Gasteiger partial charge in [-0.05, 0) is 37.5 Å². The van der Waals surface area contributed by atoms with Gasteiger partial charge in [-0.15, -0.1) is 0 Å². The Morgan fingerprint density at radius 2 is 1.68 bits per heavy atom. The van der Waals surface area contributed by atoms with Gasteiger partial charge in [0.15, 0.2) is 0 Å². The van der Waals surface area contributed by atoms with Crippen molar-refractivity contribution in [2.75, 3.05) is 4.90 Å². The van der Waals surface area contributed by atoms with Crippen molar-refractivity contribution >= 4 is 23.4 Å². The number of hydrogen-bond donors (Lipinski definition) is 1. The Labute approximate surface area is 164 Å². The predicted molar refractivity (Wildman–Crippen MR) is 107 cm³/mol. The van der Waals surface area contributed by atoms with Gasteiger partial charge in [-0.25, -0.2) is 4.90 Å². The van der Waals surface area contributed by atoms with Crippen molar-refractivity contribution in [3.8, 4) is 0 Å². The Bertz CT molecular complexity index is 965. The van der Waals surface area contributed by atoms with E-state index >= 15 is 0 Å².